The number of aryl methyl sites for hydroxylation is 1. The van der Waals surface area contributed by atoms with Crippen molar-refractivity contribution in [1.29, 1.82) is 5.26 Å². The second-order valence-electron chi connectivity index (χ2n) is 4.61. The van der Waals surface area contributed by atoms with Gasteiger partial charge in [0.25, 0.3) is 0 Å². The van der Waals surface area contributed by atoms with Crippen LogP contribution in [0.25, 0.3) is 11.1 Å². The minimum atomic E-state index is -0.402. The Morgan fingerprint density at radius 3 is 2.55 bits per heavy atom. The lowest BCUT2D eigenvalue weighted by Gasteiger charge is -2.11. The van der Waals surface area contributed by atoms with Gasteiger partial charge < -0.3 is 4.74 Å². The van der Waals surface area contributed by atoms with Gasteiger partial charge in [0.15, 0.2) is 0 Å². The second kappa shape index (κ2) is 5.58. The number of nitrogens with zero attached hydrogens (tertiary/aromatic N) is 1. The Bertz CT molecular complexity index is 711. The van der Waals surface area contributed by atoms with Crippen LogP contribution >= 0.6 is 0 Å². The molecular formula is C17H15NO2. The van der Waals surface area contributed by atoms with Crippen LogP contribution in [0.1, 0.15) is 27.0 Å². The molecule has 0 saturated carbocycles. The van der Waals surface area contributed by atoms with Gasteiger partial charge in [-0.3, -0.25) is 0 Å². The Balaban J connectivity index is 2.68. The van der Waals surface area contributed by atoms with E-state index >= 15 is 0 Å². The number of esters is 1. The molecule has 0 aromatic heterocycles. The average molecular weight is 265 g/mol. The summed E-state index contributed by atoms with van der Waals surface area (Å²) in [5, 5.41) is 9.26. The third-order valence-electron chi connectivity index (χ3n) is 3.46. The summed E-state index contributed by atoms with van der Waals surface area (Å²) < 4.78 is 4.73. The van der Waals surface area contributed by atoms with Crippen molar-refractivity contribution in [3.63, 3.8) is 0 Å². The number of ether oxygens (including phenoxy) is 1. The number of methoxy groups -OCH3 is 1. The van der Waals surface area contributed by atoms with E-state index < -0.39 is 5.97 Å². The Hall–Kier alpha value is -2.60. The molecule has 0 atom stereocenters. The van der Waals surface area contributed by atoms with E-state index in [2.05, 4.69) is 6.07 Å². The molecule has 0 saturated heterocycles. The monoisotopic (exact) mass is 265 g/mol. The van der Waals surface area contributed by atoms with Gasteiger partial charge in [0, 0.05) is 5.56 Å². The van der Waals surface area contributed by atoms with Crippen molar-refractivity contribution < 1.29 is 9.53 Å². The molecule has 0 aliphatic carbocycles. The van der Waals surface area contributed by atoms with Crippen molar-refractivity contribution in [2.24, 2.45) is 0 Å². The van der Waals surface area contributed by atoms with Crippen molar-refractivity contribution in [3.05, 3.63) is 58.7 Å². The lowest BCUT2D eigenvalue weighted by atomic mass is 9.92. The van der Waals surface area contributed by atoms with Crippen molar-refractivity contribution in [1.82, 2.24) is 0 Å². The lowest BCUT2D eigenvalue weighted by Crippen LogP contribution is -2.02. The minimum Gasteiger partial charge on any atom is -0.465 e. The first kappa shape index (κ1) is 13.8. The summed E-state index contributed by atoms with van der Waals surface area (Å²) in [5.41, 5.74) is 4.97. The molecule has 2 rings (SSSR count). The van der Waals surface area contributed by atoms with Crippen molar-refractivity contribution in [2.75, 3.05) is 7.11 Å². The molecule has 2 aromatic rings. The fourth-order valence-electron chi connectivity index (χ4n) is 2.15. The van der Waals surface area contributed by atoms with Crippen LogP contribution in [0.3, 0.4) is 0 Å². The summed E-state index contributed by atoms with van der Waals surface area (Å²) in [4.78, 5) is 11.6. The van der Waals surface area contributed by atoms with Gasteiger partial charge in [-0.1, -0.05) is 18.2 Å². The van der Waals surface area contributed by atoms with Gasteiger partial charge in [-0.25, -0.2) is 4.79 Å². The van der Waals surface area contributed by atoms with Crippen molar-refractivity contribution in [2.45, 2.75) is 13.8 Å². The normalized spacial score (nSPS) is 9.90. The molecule has 0 spiro atoms. The van der Waals surface area contributed by atoms with E-state index in [9.17, 15) is 10.1 Å². The Morgan fingerprint density at radius 2 is 1.90 bits per heavy atom. The van der Waals surface area contributed by atoms with Gasteiger partial charge >= 0.3 is 5.97 Å². The van der Waals surface area contributed by atoms with Gasteiger partial charge in [0.05, 0.1) is 24.3 Å². The molecule has 3 heteroatoms. The highest BCUT2D eigenvalue weighted by atomic mass is 16.5. The largest absolute Gasteiger partial charge is 0.465 e. The summed E-state index contributed by atoms with van der Waals surface area (Å²) in [6.07, 6.45) is 0. The number of nitriles is 1. The van der Waals surface area contributed by atoms with Gasteiger partial charge in [0.1, 0.15) is 0 Å². The summed E-state index contributed by atoms with van der Waals surface area (Å²) >= 11 is 0. The molecule has 0 radical (unpaired) electrons. The number of rotatable bonds is 2. The Morgan fingerprint density at radius 1 is 1.15 bits per heavy atom. The standard InChI is InChI=1S/C17H15NO2/c1-11-5-4-6-15(12(11)2)16-9-13(17(19)20-3)7-8-14(16)10-18/h4-9H,1-3H3. The highest BCUT2D eigenvalue weighted by Crippen LogP contribution is 2.29. The second-order valence-corrected chi connectivity index (χ2v) is 4.61. The van der Waals surface area contributed by atoms with Crippen molar-refractivity contribution in [3.8, 4) is 17.2 Å². The zero-order valence-corrected chi connectivity index (χ0v) is 11.7. The summed E-state index contributed by atoms with van der Waals surface area (Å²) in [7, 11) is 1.35. The molecule has 0 amide bonds. The quantitative estimate of drug-likeness (QED) is 0.779. The molecule has 0 N–H and O–H groups in total. The first-order valence-corrected chi connectivity index (χ1v) is 6.27. The Labute approximate surface area is 118 Å². The molecule has 0 bridgehead atoms. The number of benzene rings is 2. The van der Waals surface area contributed by atoms with Crippen molar-refractivity contribution >= 4 is 5.97 Å². The van der Waals surface area contributed by atoms with Gasteiger partial charge in [0.2, 0.25) is 0 Å². The summed E-state index contributed by atoms with van der Waals surface area (Å²) in [6, 6.07) is 13.1. The third-order valence-corrected chi connectivity index (χ3v) is 3.46. The molecule has 0 unspecified atom stereocenters. The summed E-state index contributed by atoms with van der Waals surface area (Å²) in [5.74, 6) is -0.402. The number of hydrogen-bond acceptors (Lipinski definition) is 3. The van der Waals surface area contributed by atoms with E-state index in [1.165, 1.54) is 7.11 Å². The van der Waals surface area contributed by atoms with Gasteiger partial charge in [-0.2, -0.15) is 5.26 Å². The van der Waals surface area contributed by atoms with E-state index in [0.29, 0.717) is 11.1 Å². The zero-order valence-electron chi connectivity index (χ0n) is 11.7. The molecule has 0 aliphatic rings. The average Bonchev–Trinajstić information content (AvgIpc) is 2.48. The molecule has 100 valence electrons. The highest BCUT2D eigenvalue weighted by molar-refractivity contribution is 5.92. The molecule has 0 fully saturated rings. The van der Waals surface area contributed by atoms with Crippen LogP contribution in [-0.4, -0.2) is 13.1 Å². The molecular weight excluding hydrogens is 250 g/mol. The number of hydrogen-bond donors (Lipinski definition) is 0. The predicted molar refractivity (Wildman–Crippen MR) is 77.4 cm³/mol. The van der Waals surface area contributed by atoms with E-state index in [1.54, 1.807) is 18.2 Å². The predicted octanol–water partition coefficient (Wildman–Crippen LogP) is 3.63. The smallest absolute Gasteiger partial charge is 0.337 e. The molecule has 3 nitrogen and oxygen atoms in total. The zero-order chi connectivity index (χ0) is 14.7. The van der Waals surface area contributed by atoms with Gasteiger partial charge in [-0.05, 0) is 48.7 Å². The fourth-order valence-corrected chi connectivity index (χ4v) is 2.15. The summed E-state index contributed by atoms with van der Waals surface area (Å²) in [6.45, 7) is 4.03. The van der Waals surface area contributed by atoms with E-state index in [-0.39, 0.29) is 0 Å². The maximum atomic E-state index is 11.6. The first-order valence-electron chi connectivity index (χ1n) is 6.27. The van der Waals surface area contributed by atoms with Crippen LogP contribution in [-0.2, 0) is 4.74 Å². The fraction of sp³-hybridized carbons (Fsp3) is 0.176. The molecule has 0 heterocycles. The van der Waals surface area contributed by atoms with Crippen LogP contribution in [0.2, 0.25) is 0 Å². The topological polar surface area (TPSA) is 50.1 Å². The van der Waals surface area contributed by atoms with Crippen LogP contribution in [0.5, 0.6) is 0 Å². The maximum absolute atomic E-state index is 11.6. The van der Waals surface area contributed by atoms with Crippen LogP contribution in [0, 0.1) is 25.2 Å². The molecule has 0 aliphatic heterocycles. The Kier molecular flexibility index (Phi) is 3.86. The minimum absolute atomic E-state index is 0.402. The van der Waals surface area contributed by atoms with E-state index in [1.807, 2.05) is 32.0 Å². The molecule has 20 heavy (non-hydrogen) atoms. The maximum Gasteiger partial charge on any atom is 0.337 e. The van der Waals surface area contributed by atoms with E-state index in [0.717, 1.165) is 22.3 Å². The molecule has 2 aromatic carbocycles. The first-order chi connectivity index (χ1) is 9.58. The number of carbonyl (C=O) groups excluding carboxylic acids is 1. The van der Waals surface area contributed by atoms with Gasteiger partial charge in [-0.15, -0.1) is 0 Å². The van der Waals surface area contributed by atoms with Crippen LogP contribution in [0.15, 0.2) is 36.4 Å². The SMILES string of the molecule is COC(=O)c1ccc(C#N)c(-c2cccc(C)c2C)c1. The third kappa shape index (κ3) is 2.41. The lowest BCUT2D eigenvalue weighted by molar-refractivity contribution is 0.0601. The van der Waals surface area contributed by atoms with Crippen LogP contribution < -0.4 is 0 Å². The van der Waals surface area contributed by atoms with Crippen LogP contribution in [0.4, 0.5) is 0 Å². The highest BCUT2D eigenvalue weighted by Gasteiger charge is 2.13. The van der Waals surface area contributed by atoms with E-state index in [4.69, 9.17) is 4.74 Å². The number of carbonyl (C=O) groups is 1.